The summed E-state index contributed by atoms with van der Waals surface area (Å²) in [4.78, 5) is 14.4. The van der Waals surface area contributed by atoms with Gasteiger partial charge in [0.25, 0.3) is 0 Å². The van der Waals surface area contributed by atoms with Crippen molar-refractivity contribution in [3.05, 3.63) is 16.6 Å². The lowest BCUT2D eigenvalue weighted by atomic mass is 10.4. The van der Waals surface area contributed by atoms with Gasteiger partial charge in [0.15, 0.2) is 0 Å². The number of thioether (sulfide) groups is 1. The Hall–Kier alpha value is -0.590. The van der Waals surface area contributed by atoms with Gasteiger partial charge in [-0.3, -0.25) is 4.79 Å². The average Bonchev–Trinajstić information content (AvgIpc) is 2.56. The molecule has 1 rings (SSSR count). The van der Waals surface area contributed by atoms with E-state index in [2.05, 4.69) is 4.98 Å². The van der Waals surface area contributed by atoms with Gasteiger partial charge in [0.05, 0.1) is 11.2 Å². The molecule has 0 saturated heterocycles. The van der Waals surface area contributed by atoms with Crippen LogP contribution in [0.15, 0.2) is 10.9 Å². The Morgan fingerprint density at radius 3 is 3.15 bits per heavy atom. The second-order valence-corrected chi connectivity index (χ2v) is 4.19. The minimum Gasteiger partial charge on any atom is -0.480 e. The molecule has 1 unspecified atom stereocenters. The van der Waals surface area contributed by atoms with Crippen LogP contribution in [0, 0.1) is 0 Å². The molecule has 0 aliphatic carbocycles. The van der Waals surface area contributed by atoms with E-state index in [4.69, 9.17) is 10.8 Å². The molecular weight excluding hydrogens is 208 g/mol. The number of carboxylic acids is 1. The Labute approximate surface area is 84.2 Å². The number of nitrogens with two attached hydrogens (primary N) is 1. The van der Waals surface area contributed by atoms with Crippen molar-refractivity contribution in [2.24, 2.45) is 5.73 Å². The van der Waals surface area contributed by atoms with E-state index in [1.165, 1.54) is 23.1 Å². The first-order valence-electron chi connectivity index (χ1n) is 3.63. The Morgan fingerprint density at radius 1 is 1.85 bits per heavy atom. The quantitative estimate of drug-likeness (QED) is 0.764. The van der Waals surface area contributed by atoms with Crippen LogP contribution < -0.4 is 5.73 Å². The molecule has 1 aromatic rings. The highest BCUT2D eigenvalue weighted by Gasteiger charge is 2.10. The van der Waals surface area contributed by atoms with Crippen LogP contribution in [0.3, 0.4) is 0 Å². The molecule has 0 aromatic carbocycles. The van der Waals surface area contributed by atoms with Crippen molar-refractivity contribution in [1.82, 2.24) is 4.98 Å². The summed E-state index contributed by atoms with van der Waals surface area (Å²) in [6, 6.07) is -0.774. The summed E-state index contributed by atoms with van der Waals surface area (Å²) in [5.41, 5.74) is 8.05. The first-order chi connectivity index (χ1) is 6.20. The predicted octanol–water partition coefficient (Wildman–Crippen LogP) is 0.788. The average molecular weight is 218 g/mol. The van der Waals surface area contributed by atoms with Gasteiger partial charge in [-0.05, 0) is 0 Å². The molecule has 1 heterocycles. The lowest BCUT2D eigenvalue weighted by Crippen LogP contribution is -2.32. The summed E-state index contributed by atoms with van der Waals surface area (Å²) >= 11 is 3.02. The fourth-order valence-electron chi connectivity index (χ4n) is 0.671. The Bertz CT molecular complexity index is 263. The van der Waals surface area contributed by atoms with Gasteiger partial charge in [0, 0.05) is 16.9 Å². The van der Waals surface area contributed by atoms with Crippen LogP contribution in [0.5, 0.6) is 0 Å². The minimum absolute atomic E-state index is 0.423. The van der Waals surface area contributed by atoms with E-state index < -0.39 is 12.0 Å². The van der Waals surface area contributed by atoms with E-state index >= 15 is 0 Å². The van der Waals surface area contributed by atoms with E-state index in [0.29, 0.717) is 5.75 Å². The number of hydrogen-bond acceptors (Lipinski definition) is 5. The molecule has 0 saturated carbocycles. The highest BCUT2D eigenvalue weighted by atomic mass is 32.2. The molecule has 0 fully saturated rings. The van der Waals surface area contributed by atoms with Gasteiger partial charge in [-0.15, -0.1) is 11.3 Å². The summed E-state index contributed by atoms with van der Waals surface area (Å²) in [7, 11) is 0. The van der Waals surface area contributed by atoms with Crippen molar-refractivity contribution in [1.29, 1.82) is 0 Å². The molecule has 0 aliphatic rings. The first-order valence-corrected chi connectivity index (χ1v) is 5.73. The summed E-state index contributed by atoms with van der Waals surface area (Å²) in [6.45, 7) is 0. The number of carbonyl (C=O) groups is 1. The Balaban J connectivity index is 2.18. The zero-order valence-corrected chi connectivity index (χ0v) is 8.48. The maximum absolute atomic E-state index is 10.3. The number of thiazole rings is 1. The maximum atomic E-state index is 10.3. The minimum atomic E-state index is -0.953. The van der Waals surface area contributed by atoms with Crippen LogP contribution in [0.1, 0.15) is 5.69 Å². The number of hydrogen-bond donors (Lipinski definition) is 2. The normalized spacial score (nSPS) is 12.7. The molecule has 4 nitrogen and oxygen atoms in total. The van der Waals surface area contributed by atoms with Crippen molar-refractivity contribution in [3.8, 4) is 0 Å². The zero-order chi connectivity index (χ0) is 9.68. The van der Waals surface area contributed by atoms with Gasteiger partial charge in [-0.1, -0.05) is 0 Å². The van der Waals surface area contributed by atoms with E-state index in [-0.39, 0.29) is 0 Å². The van der Waals surface area contributed by atoms with E-state index in [1.807, 2.05) is 5.38 Å². The van der Waals surface area contributed by atoms with Crippen molar-refractivity contribution in [2.75, 3.05) is 5.75 Å². The number of nitrogens with zero attached hydrogens (tertiary/aromatic N) is 1. The van der Waals surface area contributed by atoms with Gasteiger partial charge >= 0.3 is 5.97 Å². The van der Waals surface area contributed by atoms with Crippen LogP contribution in [0.4, 0.5) is 0 Å². The van der Waals surface area contributed by atoms with Gasteiger partial charge in [0.2, 0.25) is 0 Å². The highest BCUT2D eigenvalue weighted by molar-refractivity contribution is 7.98. The molecule has 1 aromatic heterocycles. The lowest BCUT2D eigenvalue weighted by Gasteiger charge is -2.03. The number of aliphatic carboxylic acids is 1. The highest BCUT2D eigenvalue weighted by Crippen LogP contribution is 2.12. The zero-order valence-electron chi connectivity index (χ0n) is 6.84. The van der Waals surface area contributed by atoms with Crippen molar-refractivity contribution in [2.45, 2.75) is 11.8 Å². The fraction of sp³-hybridized carbons (Fsp3) is 0.429. The number of carboxylic acid groups (broad SMARTS) is 1. The summed E-state index contributed by atoms with van der Waals surface area (Å²) in [6.07, 6.45) is 0. The molecule has 3 N–H and O–H groups in total. The maximum Gasteiger partial charge on any atom is 0.321 e. The Morgan fingerprint density at radius 2 is 2.62 bits per heavy atom. The van der Waals surface area contributed by atoms with Crippen LogP contribution >= 0.6 is 23.1 Å². The molecule has 72 valence electrons. The number of rotatable bonds is 5. The molecular formula is C7H10N2O2S2. The standard InChI is InChI=1S/C7H10N2O2S2/c8-6(7(10)11)3-12-1-5-2-13-4-9-5/h2,4,6H,1,3,8H2,(H,10,11). The second-order valence-electron chi connectivity index (χ2n) is 2.44. The predicted molar refractivity (Wildman–Crippen MR) is 53.9 cm³/mol. The first kappa shape index (κ1) is 10.5. The molecule has 0 aliphatic heterocycles. The van der Waals surface area contributed by atoms with E-state index in [0.717, 1.165) is 11.4 Å². The summed E-state index contributed by atoms with van der Waals surface area (Å²) in [5.74, 6) is 0.197. The number of aromatic nitrogens is 1. The van der Waals surface area contributed by atoms with E-state index in [1.54, 1.807) is 5.51 Å². The Kier molecular flexibility index (Phi) is 4.20. The van der Waals surface area contributed by atoms with Crippen molar-refractivity contribution in [3.63, 3.8) is 0 Å². The third-order valence-corrected chi connectivity index (χ3v) is 3.08. The molecule has 0 spiro atoms. The molecule has 0 amide bonds. The fourth-order valence-corrected chi connectivity index (χ4v) is 2.22. The molecule has 0 radical (unpaired) electrons. The van der Waals surface area contributed by atoms with Crippen molar-refractivity contribution >= 4 is 29.1 Å². The summed E-state index contributed by atoms with van der Waals surface area (Å²) < 4.78 is 0. The van der Waals surface area contributed by atoms with Gasteiger partial charge < -0.3 is 10.8 Å². The largest absolute Gasteiger partial charge is 0.480 e. The lowest BCUT2D eigenvalue weighted by molar-refractivity contribution is -0.137. The van der Waals surface area contributed by atoms with Crippen LogP contribution in [-0.2, 0) is 10.5 Å². The second kappa shape index (κ2) is 5.21. The van der Waals surface area contributed by atoms with Gasteiger partial charge in [-0.25, -0.2) is 4.98 Å². The molecule has 0 bridgehead atoms. The van der Waals surface area contributed by atoms with E-state index in [9.17, 15) is 4.79 Å². The SMILES string of the molecule is NC(CSCc1cscn1)C(=O)O. The molecule has 6 heteroatoms. The summed E-state index contributed by atoms with van der Waals surface area (Å²) in [5, 5.41) is 10.4. The smallest absolute Gasteiger partial charge is 0.321 e. The van der Waals surface area contributed by atoms with Crippen molar-refractivity contribution < 1.29 is 9.90 Å². The monoisotopic (exact) mass is 218 g/mol. The van der Waals surface area contributed by atoms with Gasteiger partial charge in [-0.2, -0.15) is 11.8 Å². The third-order valence-electron chi connectivity index (χ3n) is 1.35. The van der Waals surface area contributed by atoms with Crippen LogP contribution in [0.25, 0.3) is 0 Å². The van der Waals surface area contributed by atoms with Crippen LogP contribution in [0.2, 0.25) is 0 Å². The topological polar surface area (TPSA) is 76.2 Å². The van der Waals surface area contributed by atoms with Gasteiger partial charge in [0.1, 0.15) is 6.04 Å². The van der Waals surface area contributed by atoms with Crippen LogP contribution in [-0.4, -0.2) is 27.9 Å². The third kappa shape index (κ3) is 3.75. The molecule has 1 atom stereocenters. The molecule has 13 heavy (non-hydrogen) atoms.